The van der Waals surface area contributed by atoms with Gasteiger partial charge in [-0.25, -0.2) is 13.2 Å². The number of hydrogen-bond acceptors (Lipinski definition) is 7. The third-order valence-corrected chi connectivity index (χ3v) is 11.7. The van der Waals surface area contributed by atoms with E-state index in [4.69, 9.17) is 9.47 Å². The van der Waals surface area contributed by atoms with Crippen molar-refractivity contribution in [3.63, 3.8) is 0 Å². The minimum atomic E-state index is -7.12. The number of thiol groups is 1. The first kappa shape index (κ1) is 38.9. The number of ether oxygens (including phenoxy) is 3. The summed E-state index contributed by atoms with van der Waals surface area (Å²) in [6, 6.07) is 18.3. The van der Waals surface area contributed by atoms with Crippen molar-refractivity contribution in [2.24, 2.45) is 29.1 Å². The summed E-state index contributed by atoms with van der Waals surface area (Å²) in [6.45, 7) is 2.37. The molecule has 3 atom stereocenters. The van der Waals surface area contributed by atoms with Gasteiger partial charge in [-0.2, -0.15) is 35.1 Å². The highest BCUT2D eigenvalue weighted by Gasteiger charge is 2.71. The average Bonchev–Trinajstić information content (AvgIpc) is 2.95. The van der Waals surface area contributed by atoms with Crippen molar-refractivity contribution in [1.29, 1.82) is 0 Å². The standard InChI is InChI=1S/C26H30O3S.C4HF8IO4S/c1-18-21-12-19-11-20(13-21)15-26(18,14-19)16-25(27)29-17-28-23-9-5-6-10-24(23)30-22-7-3-2-4-8-22;5-1(6,13)2(7,8)17-3(9,10)4(11,12)18(14,15)16/h2-10,18-21H,11-17H2,1H3;(H,14,15,16). The highest BCUT2D eigenvalue weighted by molar-refractivity contribution is 14.1. The van der Waals surface area contributed by atoms with Crippen LogP contribution in [0.5, 0.6) is 5.75 Å². The molecule has 4 bridgehead atoms. The van der Waals surface area contributed by atoms with Crippen molar-refractivity contribution in [1.82, 2.24) is 0 Å². The zero-order valence-electron chi connectivity index (χ0n) is 25.1. The quantitative estimate of drug-likeness (QED) is 0.0312. The second-order valence-corrected chi connectivity index (χ2v) is 16.2. The normalized spacial score (nSPS) is 25.6. The molecule has 0 aromatic heterocycles. The predicted octanol–water partition coefficient (Wildman–Crippen LogP) is 8.01. The summed E-state index contributed by atoms with van der Waals surface area (Å²) in [5, 5.41) is -6.65. The second kappa shape index (κ2) is 14.4. The Labute approximate surface area is 289 Å². The highest BCUT2D eigenvalue weighted by atomic mass is 127. The van der Waals surface area contributed by atoms with Gasteiger partial charge in [-0.05, 0) is 85.5 Å². The topological polar surface area (TPSA) is 102 Å². The maximum Gasteiger partial charge on any atom is 0.438 e. The molecule has 3 unspecified atom stereocenters. The molecule has 4 aliphatic rings. The van der Waals surface area contributed by atoms with Crippen molar-refractivity contribution in [3.8, 4) is 5.75 Å². The first-order chi connectivity index (χ1) is 22.1. The Morgan fingerprint density at radius 2 is 1.48 bits per heavy atom. The number of halogens is 9. The molecule has 48 heavy (non-hydrogen) atoms. The summed E-state index contributed by atoms with van der Waals surface area (Å²) in [7, 11) is -7.12. The molecule has 268 valence electrons. The molecule has 0 heterocycles. The summed E-state index contributed by atoms with van der Waals surface area (Å²) in [5.41, 5.74) is 0.176. The van der Waals surface area contributed by atoms with Crippen LogP contribution in [0.15, 0.2) is 64.4 Å². The molecule has 2 aromatic carbocycles. The molecule has 0 N–H and O–H groups in total. The van der Waals surface area contributed by atoms with E-state index in [1.807, 2.05) is 41.1 Å². The van der Waals surface area contributed by atoms with E-state index in [-0.39, 0.29) is 18.2 Å². The lowest BCUT2D eigenvalue weighted by Gasteiger charge is -2.60. The first-order valence-corrected chi connectivity index (χ1v) is 17.9. The zero-order chi connectivity index (χ0) is 35.8. The maximum absolute atomic E-state index is 12.7. The Bertz CT molecular complexity index is 1530. The number of benzene rings is 2. The second-order valence-electron chi connectivity index (χ2n) is 12.2. The van der Waals surface area contributed by atoms with E-state index in [9.17, 15) is 52.9 Å². The molecular weight excluding hydrogens is 815 g/mol. The van der Waals surface area contributed by atoms with Gasteiger partial charge in [0.25, 0.3) is 0 Å². The Morgan fingerprint density at radius 3 is 2.04 bits per heavy atom. The highest BCUT2D eigenvalue weighted by Crippen LogP contribution is 2.64. The lowest BCUT2D eigenvalue weighted by molar-refractivity contribution is -0.438. The molecule has 0 aliphatic heterocycles. The van der Waals surface area contributed by atoms with E-state index >= 15 is 0 Å². The summed E-state index contributed by atoms with van der Waals surface area (Å²) in [5.74, 6) is 3.83. The van der Waals surface area contributed by atoms with Gasteiger partial charge in [-0.1, -0.05) is 37.3 Å². The van der Waals surface area contributed by atoms with E-state index in [0.717, 1.165) is 40.2 Å². The third-order valence-electron chi connectivity index (χ3n) is 9.04. The van der Waals surface area contributed by atoms with E-state index < -0.39 is 54.1 Å². The third kappa shape index (κ3) is 8.69. The number of para-hydroxylation sites is 1. The van der Waals surface area contributed by atoms with Crippen LogP contribution in [-0.4, -0.2) is 47.1 Å². The zero-order valence-corrected chi connectivity index (χ0v) is 28.9. The van der Waals surface area contributed by atoms with Gasteiger partial charge in [0.05, 0.1) is 18.2 Å². The molecule has 6 rings (SSSR count). The van der Waals surface area contributed by atoms with Crippen molar-refractivity contribution < 1.29 is 67.1 Å². The predicted molar refractivity (Wildman–Crippen MR) is 164 cm³/mol. The smallest absolute Gasteiger partial charge is 0.438 e. The maximum atomic E-state index is 12.7. The average molecular weight is 847 g/mol. The number of hydrogen-bond donors (Lipinski definition) is 0. The van der Waals surface area contributed by atoms with Crippen LogP contribution >= 0.6 is 22.6 Å². The lowest BCUT2D eigenvalue weighted by Crippen LogP contribution is -2.54. The fourth-order valence-corrected chi connectivity index (χ4v) is 8.45. The van der Waals surface area contributed by atoms with Crippen molar-refractivity contribution >= 4 is 50.4 Å². The van der Waals surface area contributed by atoms with Gasteiger partial charge in [0, 0.05) is 22.6 Å². The van der Waals surface area contributed by atoms with Gasteiger partial charge >= 0.3 is 27.4 Å². The molecule has 2 aromatic rings. The van der Waals surface area contributed by atoms with Crippen LogP contribution in [0.4, 0.5) is 35.1 Å². The van der Waals surface area contributed by atoms with E-state index in [1.54, 1.807) is 0 Å². The van der Waals surface area contributed by atoms with Crippen LogP contribution in [0.25, 0.3) is 0 Å². The van der Waals surface area contributed by atoms with E-state index in [0.29, 0.717) is 12.3 Å². The molecule has 0 radical (unpaired) electrons. The minimum absolute atomic E-state index is 0.0130. The number of carbonyl (C=O) groups is 1. The van der Waals surface area contributed by atoms with Crippen LogP contribution in [-0.2, 0) is 36.1 Å². The van der Waals surface area contributed by atoms with Gasteiger partial charge < -0.3 is 14.0 Å². The van der Waals surface area contributed by atoms with Crippen LogP contribution < -0.4 is 4.74 Å². The lowest BCUT2D eigenvalue weighted by atomic mass is 9.45. The van der Waals surface area contributed by atoms with Crippen LogP contribution in [0.3, 0.4) is 0 Å². The number of carbonyl (C=O) groups excluding carboxylic acids is 1. The fourth-order valence-electron chi connectivity index (χ4n) is 7.00. The van der Waals surface area contributed by atoms with Gasteiger partial charge in [-0.15, -0.1) is 0 Å². The molecule has 0 saturated heterocycles. The van der Waals surface area contributed by atoms with Gasteiger partial charge in [0.15, 0.2) is 25.7 Å². The molecule has 4 fully saturated rings. The van der Waals surface area contributed by atoms with Gasteiger partial charge in [-0.3, -0.25) is 4.79 Å². The van der Waals surface area contributed by atoms with Crippen molar-refractivity contribution in [2.45, 2.75) is 76.6 Å². The number of alkyl halides is 9. The number of esters is 1. The van der Waals surface area contributed by atoms with Crippen LogP contribution in [0, 0.1) is 29.1 Å². The van der Waals surface area contributed by atoms with Gasteiger partial charge in [0.1, 0.15) is 0 Å². The molecule has 0 amide bonds. The molecule has 18 heteroatoms. The summed E-state index contributed by atoms with van der Waals surface area (Å²) in [6.07, 6.45) is -5.63. The van der Waals surface area contributed by atoms with Gasteiger partial charge in [0.2, 0.25) is 6.79 Å². The molecule has 4 aliphatic carbocycles. The molecule has 0 spiro atoms. The Morgan fingerprint density at radius 1 is 0.917 bits per heavy atom. The first-order valence-electron chi connectivity index (χ1n) is 14.6. The molecule has 7 nitrogen and oxygen atoms in total. The Hall–Kier alpha value is -1.90. The largest absolute Gasteiger partial charge is 0.743 e. The Kier molecular flexibility index (Phi) is 11.7. The van der Waals surface area contributed by atoms with Crippen molar-refractivity contribution in [2.75, 3.05) is 6.79 Å². The summed E-state index contributed by atoms with van der Waals surface area (Å²) < 4.78 is 135. The number of rotatable bonds is 12. The monoisotopic (exact) mass is 846 g/mol. The van der Waals surface area contributed by atoms with Crippen LogP contribution in [0.2, 0.25) is 0 Å². The summed E-state index contributed by atoms with van der Waals surface area (Å²) in [4.78, 5) is 15.0. The van der Waals surface area contributed by atoms with E-state index in [2.05, 4.69) is 25.1 Å². The minimum Gasteiger partial charge on any atom is -0.743 e. The van der Waals surface area contributed by atoms with Crippen molar-refractivity contribution in [3.05, 3.63) is 54.6 Å². The fraction of sp³-hybridized carbons (Fsp3) is 0.567. The SMILES string of the molecule is CC1C2CC3CC(C2)CC1(CC(=O)OCOc1ccccc1[SH+]c1ccccc1)C3.O=S(=O)([O-])C(F)(F)C(F)(F)OC(F)(F)C(F)(F)I. The summed E-state index contributed by atoms with van der Waals surface area (Å²) >= 11 is 0.679. The molecular formula is C30H31F8IO7S2. The van der Waals surface area contributed by atoms with Crippen LogP contribution in [0.1, 0.15) is 45.4 Å². The molecule has 4 saturated carbocycles. The Balaban J connectivity index is 0.000000250. The van der Waals surface area contributed by atoms with E-state index in [1.165, 1.54) is 37.0 Å².